The van der Waals surface area contributed by atoms with E-state index in [1.807, 2.05) is 4.90 Å². The second-order valence-electron chi connectivity index (χ2n) is 6.75. The molecule has 0 N–H and O–H groups in total. The number of carbonyl (C=O) groups is 1. The first kappa shape index (κ1) is 15.3. The zero-order valence-electron chi connectivity index (χ0n) is 13.8. The number of fused-ring (bicyclic) bond motifs is 1. The van der Waals surface area contributed by atoms with Crippen LogP contribution >= 0.6 is 0 Å². The minimum absolute atomic E-state index is 0.160. The second-order valence-corrected chi connectivity index (χ2v) is 6.75. The van der Waals surface area contributed by atoms with Gasteiger partial charge in [-0.3, -0.25) is 9.69 Å². The lowest BCUT2D eigenvalue weighted by atomic mass is 10.1. The van der Waals surface area contributed by atoms with Gasteiger partial charge in [0, 0.05) is 37.8 Å². The average Bonchev–Trinajstić information content (AvgIpc) is 3.14. The molecule has 1 amide bonds. The lowest BCUT2D eigenvalue weighted by Crippen LogP contribution is -2.41. The molecule has 0 unspecified atom stereocenters. The largest absolute Gasteiger partial charge is 0.333 e. The number of allylic oxidation sites excluding steroid dienone is 2. The first-order valence-electron chi connectivity index (χ1n) is 8.23. The van der Waals surface area contributed by atoms with Crippen molar-refractivity contribution in [1.82, 2.24) is 19.4 Å². The normalized spacial score (nSPS) is 18.5. The average molecular weight is 302 g/mol. The van der Waals surface area contributed by atoms with E-state index in [-0.39, 0.29) is 5.92 Å². The van der Waals surface area contributed by atoms with Crippen LogP contribution in [0.1, 0.15) is 38.2 Å². The van der Waals surface area contributed by atoms with Crippen LogP contribution in [-0.4, -0.2) is 44.9 Å². The Morgan fingerprint density at radius 3 is 2.77 bits per heavy atom. The van der Waals surface area contributed by atoms with Gasteiger partial charge in [-0.25, -0.2) is 4.98 Å². The lowest BCUT2D eigenvalue weighted by Gasteiger charge is -2.29. The van der Waals surface area contributed by atoms with Crippen LogP contribution in [0.15, 0.2) is 18.3 Å². The Bertz CT molecular complexity index is 567. The molecule has 2 aliphatic rings. The molecule has 0 saturated carbocycles. The number of carbonyl (C=O) groups excluding carboxylic acids is 1. The summed E-state index contributed by atoms with van der Waals surface area (Å²) in [5, 5.41) is 0. The molecular weight excluding hydrogens is 276 g/mol. The third kappa shape index (κ3) is 3.09. The van der Waals surface area contributed by atoms with Gasteiger partial charge in [0.1, 0.15) is 5.82 Å². The van der Waals surface area contributed by atoms with Gasteiger partial charge in [-0.2, -0.15) is 0 Å². The van der Waals surface area contributed by atoms with Gasteiger partial charge in [-0.05, 0) is 33.7 Å². The highest BCUT2D eigenvalue weighted by Crippen LogP contribution is 2.23. The van der Waals surface area contributed by atoms with Crippen molar-refractivity contribution in [2.24, 2.45) is 5.92 Å². The van der Waals surface area contributed by atoms with E-state index in [1.165, 1.54) is 0 Å². The summed E-state index contributed by atoms with van der Waals surface area (Å²) in [6, 6.07) is 0.506. The maximum atomic E-state index is 12.5. The van der Waals surface area contributed by atoms with E-state index in [2.05, 4.69) is 48.7 Å². The van der Waals surface area contributed by atoms with Gasteiger partial charge in [0.2, 0.25) is 5.91 Å². The molecule has 3 rings (SSSR count). The molecule has 1 aliphatic carbocycles. The summed E-state index contributed by atoms with van der Waals surface area (Å²) in [5.74, 6) is 1.48. The number of rotatable bonds is 4. The third-order valence-electron chi connectivity index (χ3n) is 4.81. The lowest BCUT2D eigenvalue weighted by molar-refractivity contribution is -0.136. The minimum atomic E-state index is 0.160. The summed E-state index contributed by atoms with van der Waals surface area (Å²) in [5.41, 5.74) is 1.10. The zero-order chi connectivity index (χ0) is 15.7. The van der Waals surface area contributed by atoms with Gasteiger partial charge >= 0.3 is 0 Å². The SMILES string of the molecule is CC(C)N(C)Cc1cn2c(n1)CN(C(=O)C1CC=CC1)CC2. The Morgan fingerprint density at radius 1 is 1.36 bits per heavy atom. The fourth-order valence-corrected chi connectivity index (χ4v) is 3.09. The molecule has 0 spiro atoms. The van der Waals surface area contributed by atoms with Crippen LogP contribution in [0.5, 0.6) is 0 Å². The van der Waals surface area contributed by atoms with E-state index in [9.17, 15) is 4.79 Å². The fraction of sp³-hybridized carbons (Fsp3) is 0.647. The molecule has 1 aromatic heterocycles. The molecule has 5 nitrogen and oxygen atoms in total. The van der Waals surface area contributed by atoms with Crippen molar-refractivity contribution in [3.63, 3.8) is 0 Å². The monoisotopic (exact) mass is 302 g/mol. The van der Waals surface area contributed by atoms with Gasteiger partial charge in [-0.15, -0.1) is 0 Å². The number of hydrogen-bond acceptors (Lipinski definition) is 3. The summed E-state index contributed by atoms with van der Waals surface area (Å²) >= 11 is 0. The smallest absolute Gasteiger partial charge is 0.226 e. The van der Waals surface area contributed by atoms with Crippen LogP contribution < -0.4 is 0 Å². The maximum Gasteiger partial charge on any atom is 0.226 e. The Balaban J connectivity index is 1.65. The summed E-state index contributed by atoms with van der Waals surface area (Å²) in [6.45, 7) is 7.55. The van der Waals surface area contributed by atoms with Gasteiger partial charge in [0.15, 0.2) is 0 Å². The van der Waals surface area contributed by atoms with Crippen molar-refractivity contribution < 1.29 is 4.79 Å². The predicted octanol–water partition coefficient (Wildman–Crippen LogP) is 2.03. The number of amides is 1. The molecule has 2 heterocycles. The maximum absolute atomic E-state index is 12.5. The molecule has 1 aromatic rings. The number of imidazole rings is 1. The molecule has 1 aliphatic heterocycles. The van der Waals surface area contributed by atoms with Crippen molar-refractivity contribution in [3.8, 4) is 0 Å². The van der Waals surface area contributed by atoms with Crippen LogP contribution in [-0.2, 0) is 24.4 Å². The minimum Gasteiger partial charge on any atom is -0.333 e. The van der Waals surface area contributed by atoms with E-state index in [0.29, 0.717) is 18.5 Å². The van der Waals surface area contributed by atoms with Gasteiger partial charge in [-0.1, -0.05) is 12.2 Å². The quantitative estimate of drug-likeness (QED) is 0.799. The van der Waals surface area contributed by atoms with Crippen LogP contribution in [0.3, 0.4) is 0 Å². The van der Waals surface area contributed by atoms with Gasteiger partial charge in [0.25, 0.3) is 0 Å². The van der Waals surface area contributed by atoms with Crippen molar-refractivity contribution in [3.05, 3.63) is 29.9 Å². The molecule has 0 atom stereocenters. The standard InChI is InChI=1S/C17H26N4O/c1-13(2)19(3)10-15-11-20-8-9-21(12-16(20)18-15)17(22)14-6-4-5-7-14/h4-5,11,13-14H,6-10,12H2,1-3H3. The highest BCUT2D eigenvalue weighted by molar-refractivity contribution is 5.79. The molecule has 120 valence electrons. The van der Waals surface area contributed by atoms with Crippen LogP contribution in [0.2, 0.25) is 0 Å². The Morgan fingerprint density at radius 2 is 2.09 bits per heavy atom. The fourth-order valence-electron chi connectivity index (χ4n) is 3.09. The van der Waals surface area contributed by atoms with Crippen LogP contribution in [0.25, 0.3) is 0 Å². The number of aromatic nitrogens is 2. The predicted molar refractivity (Wildman–Crippen MR) is 86.1 cm³/mol. The van der Waals surface area contributed by atoms with Crippen molar-refractivity contribution in [2.75, 3.05) is 13.6 Å². The number of nitrogens with zero attached hydrogens (tertiary/aromatic N) is 4. The highest BCUT2D eigenvalue weighted by atomic mass is 16.2. The van der Waals surface area contributed by atoms with E-state index < -0.39 is 0 Å². The van der Waals surface area contributed by atoms with E-state index >= 15 is 0 Å². The number of hydrogen-bond donors (Lipinski definition) is 0. The van der Waals surface area contributed by atoms with E-state index in [0.717, 1.165) is 44.0 Å². The summed E-state index contributed by atoms with van der Waals surface area (Å²) in [4.78, 5) is 21.5. The zero-order valence-corrected chi connectivity index (χ0v) is 13.8. The Kier molecular flexibility index (Phi) is 4.34. The molecule has 0 bridgehead atoms. The first-order valence-corrected chi connectivity index (χ1v) is 8.23. The molecule has 0 saturated heterocycles. The van der Waals surface area contributed by atoms with Gasteiger partial charge in [0.05, 0.1) is 12.2 Å². The van der Waals surface area contributed by atoms with Crippen LogP contribution in [0, 0.1) is 5.92 Å². The Hall–Kier alpha value is -1.62. The van der Waals surface area contributed by atoms with Gasteiger partial charge < -0.3 is 9.47 Å². The molecule has 0 fully saturated rings. The molecule has 0 aromatic carbocycles. The van der Waals surface area contributed by atoms with Crippen molar-refractivity contribution in [2.45, 2.75) is 52.4 Å². The highest BCUT2D eigenvalue weighted by Gasteiger charge is 2.28. The summed E-state index contributed by atoms with van der Waals surface area (Å²) in [7, 11) is 2.12. The molecular formula is C17H26N4O. The summed E-state index contributed by atoms with van der Waals surface area (Å²) < 4.78 is 2.21. The van der Waals surface area contributed by atoms with Crippen molar-refractivity contribution >= 4 is 5.91 Å². The molecule has 5 heteroatoms. The Labute approximate surface area is 132 Å². The topological polar surface area (TPSA) is 41.4 Å². The molecule has 0 radical (unpaired) electrons. The van der Waals surface area contributed by atoms with Crippen LogP contribution in [0.4, 0.5) is 0 Å². The second kappa shape index (κ2) is 6.24. The summed E-state index contributed by atoms with van der Waals surface area (Å²) in [6.07, 6.45) is 8.18. The first-order chi connectivity index (χ1) is 10.5. The van der Waals surface area contributed by atoms with Crippen molar-refractivity contribution in [1.29, 1.82) is 0 Å². The third-order valence-corrected chi connectivity index (χ3v) is 4.81. The molecule has 22 heavy (non-hydrogen) atoms. The van der Waals surface area contributed by atoms with E-state index in [1.54, 1.807) is 0 Å². The van der Waals surface area contributed by atoms with E-state index in [4.69, 9.17) is 4.98 Å².